The molecule has 0 bridgehead atoms. The first-order chi connectivity index (χ1) is 20.8. The molecular formula is C35H44NO5Si3+. The van der Waals surface area contributed by atoms with Crippen molar-refractivity contribution in [1.82, 2.24) is 0 Å². The predicted octanol–water partition coefficient (Wildman–Crippen LogP) is 3.10. The van der Waals surface area contributed by atoms with E-state index >= 15 is 0 Å². The fraction of sp³-hybridized carbons (Fsp3) is 0.486. The van der Waals surface area contributed by atoms with Gasteiger partial charge >= 0.3 is 17.1 Å². The molecule has 44 heavy (non-hydrogen) atoms. The lowest BCUT2D eigenvalue weighted by Crippen LogP contribution is -2.55. The van der Waals surface area contributed by atoms with E-state index in [0.29, 0.717) is 19.8 Å². The van der Waals surface area contributed by atoms with Crippen LogP contribution in [-0.4, -0.2) is 88.1 Å². The molecule has 6 nitrogen and oxygen atoms in total. The molecule has 0 rings (SSSR count). The lowest BCUT2D eigenvalue weighted by Gasteiger charge is -2.38. The summed E-state index contributed by atoms with van der Waals surface area (Å²) in [7, 11) is -3.75. The van der Waals surface area contributed by atoms with Crippen molar-refractivity contribution in [2.45, 2.75) is 65.2 Å². The third-order valence-electron chi connectivity index (χ3n) is 5.97. The lowest BCUT2D eigenvalue weighted by molar-refractivity contribution is -0.909. The average molecular weight is 643 g/mol. The number of hydrogen-bond donors (Lipinski definition) is 1. The van der Waals surface area contributed by atoms with Crippen LogP contribution < -0.4 is 0 Å². The van der Waals surface area contributed by atoms with E-state index in [1.165, 1.54) is 0 Å². The minimum atomic E-state index is -2.91. The van der Waals surface area contributed by atoms with Crippen LogP contribution in [0, 0.1) is 107 Å². The Morgan fingerprint density at radius 1 is 0.727 bits per heavy atom. The van der Waals surface area contributed by atoms with Gasteiger partial charge in [0.25, 0.3) is 0 Å². The molecule has 9 heteroatoms. The number of terminal acetylenes is 1. The topological polar surface area (TPSA) is 57.2 Å². The van der Waals surface area contributed by atoms with Crippen LogP contribution >= 0.6 is 0 Å². The number of aliphatic hydroxyl groups is 1. The Kier molecular flexibility index (Phi) is 20.3. The fourth-order valence-electron chi connectivity index (χ4n) is 3.65. The molecule has 0 aliphatic carbocycles. The van der Waals surface area contributed by atoms with E-state index in [1.807, 2.05) is 6.55 Å². The molecule has 3 atom stereocenters. The van der Waals surface area contributed by atoms with Crippen LogP contribution in [0.25, 0.3) is 0 Å². The van der Waals surface area contributed by atoms with Gasteiger partial charge in [0, 0.05) is 13.7 Å². The molecule has 0 aromatic heterocycles. The van der Waals surface area contributed by atoms with Crippen molar-refractivity contribution in [3.05, 3.63) is 0 Å². The molecule has 0 saturated heterocycles. The first-order valence-corrected chi connectivity index (χ1v) is 22.5. The number of hydrogen-bond acceptors (Lipinski definition) is 5. The summed E-state index contributed by atoms with van der Waals surface area (Å²) < 4.78 is 25.6. The summed E-state index contributed by atoms with van der Waals surface area (Å²) in [6.07, 6.45) is 5.22. The molecule has 0 amide bonds. The first-order valence-electron chi connectivity index (χ1n) is 14.3. The summed E-state index contributed by atoms with van der Waals surface area (Å²) in [5.41, 5.74) is 3.09. The van der Waals surface area contributed by atoms with Crippen LogP contribution in [0.3, 0.4) is 0 Å². The molecule has 0 spiro atoms. The van der Waals surface area contributed by atoms with Crippen molar-refractivity contribution in [2.24, 2.45) is 0 Å². The third-order valence-corrected chi connectivity index (χ3v) is 16.0. The van der Waals surface area contributed by atoms with Crippen molar-refractivity contribution >= 4 is 25.4 Å². The smallest absolute Gasteiger partial charge is 0.412 e. The van der Waals surface area contributed by atoms with Gasteiger partial charge in [-0.3, -0.25) is 0 Å². The predicted molar refractivity (Wildman–Crippen MR) is 185 cm³/mol. The molecule has 0 saturated carbocycles. The van der Waals surface area contributed by atoms with E-state index in [4.69, 9.17) is 23.8 Å². The van der Waals surface area contributed by atoms with Crippen LogP contribution in [-0.2, 0) is 17.4 Å². The van der Waals surface area contributed by atoms with Gasteiger partial charge in [-0.15, -0.1) is 6.42 Å². The Balaban J connectivity index is 5.22. The van der Waals surface area contributed by atoms with Gasteiger partial charge in [-0.05, 0) is 154 Å². The van der Waals surface area contributed by atoms with Gasteiger partial charge in [0.15, 0.2) is 8.32 Å². The summed E-state index contributed by atoms with van der Waals surface area (Å²) in [5, 5.41) is 10.4. The first kappa shape index (κ1) is 40.5. The van der Waals surface area contributed by atoms with Crippen LogP contribution in [0.2, 0.25) is 38.8 Å². The fourth-order valence-corrected chi connectivity index (χ4v) is 15.2. The zero-order chi connectivity index (χ0) is 33.4. The maximum Gasteiger partial charge on any atom is 0.412 e. The second-order valence-corrected chi connectivity index (χ2v) is 22.2. The highest BCUT2D eigenvalue weighted by molar-refractivity contribution is 6.89. The van der Waals surface area contributed by atoms with E-state index in [0.717, 1.165) is 30.0 Å². The van der Waals surface area contributed by atoms with Crippen molar-refractivity contribution in [2.75, 3.05) is 47.0 Å². The van der Waals surface area contributed by atoms with Gasteiger partial charge in [0.2, 0.25) is 0 Å². The standard InChI is InChI=1S/C35H44NO5Si3/c1-11-14-15-16-17-18-19-20-21-22-23-24-25-26-27-28-31-43(9,38-5)41-44(10,40-42(6,7)8)32-29-30-39-34-35(37)33-36(4,12-2)13-3/h1,35,37H,12-13,29-30,32-34H2,2-10H3/q+1. The second-order valence-electron chi connectivity index (χ2n) is 11.0. The van der Waals surface area contributed by atoms with Gasteiger partial charge in [-0.1, -0.05) is 5.54 Å². The van der Waals surface area contributed by atoms with Gasteiger partial charge in [-0.25, -0.2) is 0 Å². The zero-order valence-electron chi connectivity index (χ0n) is 27.6. The van der Waals surface area contributed by atoms with Crippen molar-refractivity contribution in [3.8, 4) is 107 Å². The Hall–Kier alpha value is -3.55. The van der Waals surface area contributed by atoms with Crippen LogP contribution in [0.4, 0.5) is 0 Å². The number of rotatable bonds is 15. The van der Waals surface area contributed by atoms with Crippen molar-refractivity contribution in [1.29, 1.82) is 0 Å². The Bertz CT molecular complexity index is 1500. The third kappa shape index (κ3) is 21.2. The average Bonchev–Trinajstić information content (AvgIpc) is 2.95. The van der Waals surface area contributed by atoms with E-state index < -0.39 is 31.5 Å². The molecule has 3 unspecified atom stereocenters. The van der Waals surface area contributed by atoms with Crippen LogP contribution in [0.1, 0.15) is 20.3 Å². The number of nitrogens with zero attached hydrogens (tertiary/aromatic N) is 1. The highest BCUT2D eigenvalue weighted by Gasteiger charge is 2.44. The quantitative estimate of drug-likeness (QED) is 0.129. The van der Waals surface area contributed by atoms with Gasteiger partial charge < -0.3 is 27.0 Å². The van der Waals surface area contributed by atoms with Gasteiger partial charge in [-0.2, -0.15) is 0 Å². The molecule has 0 heterocycles. The summed E-state index contributed by atoms with van der Waals surface area (Å²) in [6.45, 7) is 18.1. The molecule has 0 aromatic carbocycles. The monoisotopic (exact) mass is 642 g/mol. The van der Waals surface area contributed by atoms with Gasteiger partial charge in [0.1, 0.15) is 12.6 Å². The number of quaternary nitrogens is 1. The molecule has 1 N–H and O–H groups in total. The normalized spacial score (nSPS) is 13.0. The minimum absolute atomic E-state index is 0.313. The Labute approximate surface area is 270 Å². The van der Waals surface area contributed by atoms with E-state index in [9.17, 15) is 5.11 Å². The summed E-state index contributed by atoms with van der Waals surface area (Å²) in [6, 6.07) is 0.720. The maximum atomic E-state index is 10.4. The van der Waals surface area contributed by atoms with Crippen LogP contribution in [0.5, 0.6) is 0 Å². The Morgan fingerprint density at radius 3 is 1.59 bits per heavy atom. The van der Waals surface area contributed by atoms with E-state index in [2.05, 4.69) is 147 Å². The Morgan fingerprint density at radius 2 is 1.18 bits per heavy atom. The van der Waals surface area contributed by atoms with E-state index in [1.54, 1.807) is 7.11 Å². The number of likely N-dealkylation sites (N-methyl/N-ethyl adjacent to an activating group) is 1. The minimum Gasteiger partial charge on any atom is -0.437 e. The second kappa shape index (κ2) is 22.0. The maximum absolute atomic E-state index is 10.4. The molecule has 0 fully saturated rings. The van der Waals surface area contributed by atoms with Crippen molar-refractivity contribution < 1.29 is 27.0 Å². The SMILES string of the molecule is C#CC#CC#CC#CC#CC#CC#CC#CC#C[Si](C)(OC)O[Si](C)(CCCOCC(O)C[N+](C)(CC)CC)O[Si](C)(C)C. The highest BCUT2D eigenvalue weighted by atomic mass is 28.5. The molecule has 0 aliphatic rings. The molecule has 0 aromatic rings. The number of aliphatic hydroxyl groups excluding tert-OH is 1. The van der Waals surface area contributed by atoms with E-state index in [-0.39, 0.29) is 0 Å². The molecule has 0 aliphatic heterocycles. The lowest BCUT2D eigenvalue weighted by atomic mass is 10.3. The summed E-state index contributed by atoms with van der Waals surface area (Å²) in [4.78, 5) is 0. The van der Waals surface area contributed by atoms with Crippen LogP contribution in [0.15, 0.2) is 0 Å². The summed E-state index contributed by atoms with van der Waals surface area (Å²) in [5.74, 6) is 40.5. The molecule has 230 valence electrons. The zero-order valence-corrected chi connectivity index (χ0v) is 30.6. The summed E-state index contributed by atoms with van der Waals surface area (Å²) >= 11 is 0. The van der Waals surface area contributed by atoms with Crippen molar-refractivity contribution in [3.63, 3.8) is 0 Å². The largest absolute Gasteiger partial charge is 0.437 e. The number of ether oxygens (including phenoxy) is 1. The molecular weight excluding hydrogens is 599 g/mol. The van der Waals surface area contributed by atoms with Gasteiger partial charge in [0.05, 0.1) is 26.7 Å². The highest BCUT2D eigenvalue weighted by Crippen LogP contribution is 2.25. The molecule has 0 radical (unpaired) electrons.